The van der Waals surface area contributed by atoms with E-state index in [1.165, 1.54) is 0 Å². The summed E-state index contributed by atoms with van der Waals surface area (Å²) >= 11 is 0. The Labute approximate surface area is 96.4 Å². The maximum atomic E-state index is 9.28. The van der Waals surface area contributed by atoms with E-state index in [0.717, 1.165) is 11.4 Å². The van der Waals surface area contributed by atoms with Gasteiger partial charge in [0.25, 0.3) is 0 Å². The fourth-order valence-electron chi connectivity index (χ4n) is 1.24. The van der Waals surface area contributed by atoms with E-state index in [0.29, 0.717) is 6.54 Å². The fraction of sp³-hybridized carbons (Fsp3) is 0.500. The first-order valence-electron chi connectivity index (χ1n) is 5.50. The number of hydrogen-bond acceptors (Lipinski definition) is 4. The van der Waals surface area contributed by atoms with Crippen LogP contribution in [0, 0.1) is 0 Å². The van der Waals surface area contributed by atoms with Crippen LogP contribution in [0.5, 0.6) is 5.75 Å². The van der Waals surface area contributed by atoms with Crippen LogP contribution in [0.1, 0.15) is 13.8 Å². The number of aliphatic hydroxyl groups excluding tert-OH is 1. The molecule has 1 rings (SSSR count). The predicted octanol–water partition coefficient (Wildman–Crippen LogP) is 1.21. The molecule has 0 amide bonds. The first-order chi connectivity index (χ1) is 7.61. The summed E-state index contributed by atoms with van der Waals surface area (Å²) in [5.74, 6) is 0.847. The lowest BCUT2D eigenvalue weighted by Gasteiger charge is -2.12. The van der Waals surface area contributed by atoms with Crippen molar-refractivity contribution in [1.29, 1.82) is 0 Å². The molecule has 0 radical (unpaired) electrons. The molecule has 0 saturated carbocycles. The van der Waals surface area contributed by atoms with Crippen molar-refractivity contribution in [2.24, 2.45) is 5.73 Å². The number of nitrogens with one attached hydrogen (secondary N) is 1. The van der Waals surface area contributed by atoms with Gasteiger partial charge in [0.2, 0.25) is 0 Å². The van der Waals surface area contributed by atoms with Crippen molar-refractivity contribution in [2.75, 3.05) is 18.4 Å². The van der Waals surface area contributed by atoms with E-state index in [9.17, 15) is 5.11 Å². The van der Waals surface area contributed by atoms with E-state index in [-0.39, 0.29) is 12.6 Å². The molecule has 0 heterocycles. The molecule has 90 valence electrons. The van der Waals surface area contributed by atoms with Crippen molar-refractivity contribution in [3.05, 3.63) is 24.3 Å². The number of aliphatic hydroxyl groups is 1. The molecule has 4 heteroatoms. The summed E-state index contributed by atoms with van der Waals surface area (Å²) in [4.78, 5) is 0. The smallest absolute Gasteiger partial charge is 0.119 e. The first kappa shape index (κ1) is 12.8. The third-order valence-corrected chi connectivity index (χ3v) is 2.04. The summed E-state index contributed by atoms with van der Waals surface area (Å²) in [7, 11) is 0. The molecule has 0 bridgehead atoms. The standard InChI is InChI=1S/C12H20N2O2/c1-9(2)16-12-5-3-10(4-6-12)14-8-11(15)7-13/h3-6,9,11,14-15H,7-8,13H2,1-2H3. The number of nitrogens with two attached hydrogens (primary N) is 1. The maximum absolute atomic E-state index is 9.28. The zero-order valence-electron chi connectivity index (χ0n) is 9.81. The second-order valence-electron chi connectivity index (χ2n) is 3.96. The van der Waals surface area contributed by atoms with Crippen LogP contribution in [0.25, 0.3) is 0 Å². The second-order valence-corrected chi connectivity index (χ2v) is 3.96. The average Bonchev–Trinajstić information content (AvgIpc) is 2.27. The van der Waals surface area contributed by atoms with Gasteiger partial charge in [0.15, 0.2) is 0 Å². The molecule has 0 spiro atoms. The summed E-state index contributed by atoms with van der Waals surface area (Å²) in [6, 6.07) is 7.64. The minimum Gasteiger partial charge on any atom is -0.491 e. The number of anilines is 1. The van der Waals surface area contributed by atoms with E-state index >= 15 is 0 Å². The maximum Gasteiger partial charge on any atom is 0.119 e. The van der Waals surface area contributed by atoms with Crippen LogP contribution < -0.4 is 15.8 Å². The molecule has 1 aromatic rings. The summed E-state index contributed by atoms with van der Waals surface area (Å²) in [5.41, 5.74) is 6.25. The molecule has 4 N–H and O–H groups in total. The minimum atomic E-state index is -0.508. The highest BCUT2D eigenvalue weighted by atomic mass is 16.5. The normalized spacial score (nSPS) is 12.6. The SMILES string of the molecule is CC(C)Oc1ccc(NCC(O)CN)cc1. The van der Waals surface area contributed by atoms with E-state index < -0.39 is 6.10 Å². The molecule has 1 atom stereocenters. The summed E-state index contributed by atoms with van der Waals surface area (Å²) in [6.07, 6.45) is -0.329. The lowest BCUT2D eigenvalue weighted by Crippen LogP contribution is -2.27. The van der Waals surface area contributed by atoms with Gasteiger partial charge in [-0.15, -0.1) is 0 Å². The van der Waals surface area contributed by atoms with Gasteiger partial charge in [-0.2, -0.15) is 0 Å². The first-order valence-corrected chi connectivity index (χ1v) is 5.50. The van der Waals surface area contributed by atoms with Crippen LogP contribution in [0.4, 0.5) is 5.69 Å². The summed E-state index contributed by atoms with van der Waals surface area (Å²) in [6.45, 7) is 4.70. The Hall–Kier alpha value is -1.26. The Kier molecular flexibility index (Phi) is 5.08. The zero-order valence-corrected chi connectivity index (χ0v) is 9.81. The topological polar surface area (TPSA) is 67.5 Å². The van der Waals surface area contributed by atoms with Crippen LogP contribution in [0.3, 0.4) is 0 Å². The van der Waals surface area contributed by atoms with Gasteiger partial charge in [0, 0.05) is 18.8 Å². The van der Waals surface area contributed by atoms with Gasteiger partial charge in [0.05, 0.1) is 12.2 Å². The van der Waals surface area contributed by atoms with Crippen molar-refractivity contribution in [1.82, 2.24) is 0 Å². The van der Waals surface area contributed by atoms with Crippen molar-refractivity contribution in [3.63, 3.8) is 0 Å². The predicted molar refractivity (Wildman–Crippen MR) is 65.8 cm³/mol. The molecule has 0 aliphatic heterocycles. The van der Waals surface area contributed by atoms with Crippen LogP contribution in [-0.4, -0.2) is 30.4 Å². The lowest BCUT2D eigenvalue weighted by molar-refractivity contribution is 0.196. The summed E-state index contributed by atoms with van der Waals surface area (Å²) < 4.78 is 5.52. The molecule has 0 fully saturated rings. The van der Waals surface area contributed by atoms with Crippen LogP contribution in [0.2, 0.25) is 0 Å². The van der Waals surface area contributed by atoms with Crippen molar-refractivity contribution >= 4 is 5.69 Å². The Morgan fingerprint density at radius 3 is 2.44 bits per heavy atom. The molecule has 0 saturated heterocycles. The molecule has 0 aliphatic carbocycles. The third kappa shape index (κ3) is 4.51. The molecule has 0 aliphatic rings. The van der Waals surface area contributed by atoms with Gasteiger partial charge < -0.3 is 20.9 Å². The molecular formula is C12H20N2O2. The largest absolute Gasteiger partial charge is 0.491 e. The van der Waals surface area contributed by atoms with Crippen molar-refractivity contribution in [2.45, 2.75) is 26.1 Å². The van der Waals surface area contributed by atoms with E-state index in [2.05, 4.69) is 5.32 Å². The number of rotatable bonds is 6. The highest BCUT2D eigenvalue weighted by Crippen LogP contribution is 2.16. The molecular weight excluding hydrogens is 204 g/mol. The monoisotopic (exact) mass is 224 g/mol. The average molecular weight is 224 g/mol. The highest BCUT2D eigenvalue weighted by molar-refractivity contribution is 5.46. The molecule has 16 heavy (non-hydrogen) atoms. The molecule has 1 aromatic carbocycles. The number of benzene rings is 1. The van der Waals surface area contributed by atoms with Crippen molar-refractivity contribution < 1.29 is 9.84 Å². The van der Waals surface area contributed by atoms with Crippen molar-refractivity contribution in [3.8, 4) is 5.75 Å². The van der Waals surface area contributed by atoms with Crippen LogP contribution >= 0.6 is 0 Å². The lowest BCUT2D eigenvalue weighted by atomic mass is 10.3. The van der Waals surface area contributed by atoms with Gasteiger partial charge in [-0.1, -0.05) is 0 Å². The minimum absolute atomic E-state index is 0.179. The van der Waals surface area contributed by atoms with Gasteiger partial charge in [0.1, 0.15) is 5.75 Å². The van der Waals surface area contributed by atoms with E-state index in [4.69, 9.17) is 10.5 Å². The Morgan fingerprint density at radius 1 is 1.31 bits per heavy atom. The van der Waals surface area contributed by atoms with Gasteiger partial charge in [-0.3, -0.25) is 0 Å². The Balaban J connectivity index is 2.45. The molecule has 1 unspecified atom stereocenters. The third-order valence-electron chi connectivity index (χ3n) is 2.04. The van der Waals surface area contributed by atoms with Crippen LogP contribution in [-0.2, 0) is 0 Å². The zero-order chi connectivity index (χ0) is 12.0. The Morgan fingerprint density at radius 2 is 1.94 bits per heavy atom. The highest BCUT2D eigenvalue weighted by Gasteiger charge is 2.01. The second kappa shape index (κ2) is 6.35. The van der Waals surface area contributed by atoms with E-state index in [1.54, 1.807) is 0 Å². The molecule has 0 aromatic heterocycles. The van der Waals surface area contributed by atoms with Gasteiger partial charge >= 0.3 is 0 Å². The molecule has 4 nitrogen and oxygen atoms in total. The van der Waals surface area contributed by atoms with Crippen LogP contribution in [0.15, 0.2) is 24.3 Å². The van der Waals surface area contributed by atoms with Gasteiger partial charge in [-0.25, -0.2) is 0 Å². The summed E-state index contributed by atoms with van der Waals surface area (Å²) in [5, 5.41) is 12.4. The quantitative estimate of drug-likeness (QED) is 0.679. The fourth-order valence-corrected chi connectivity index (χ4v) is 1.24. The van der Waals surface area contributed by atoms with Gasteiger partial charge in [-0.05, 0) is 38.1 Å². The Bertz CT molecular complexity index is 298. The number of ether oxygens (including phenoxy) is 1. The number of hydrogen-bond donors (Lipinski definition) is 3. The van der Waals surface area contributed by atoms with E-state index in [1.807, 2.05) is 38.1 Å².